The van der Waals surface area contributed by atoms with Gasteiger partial charge in [-0.15, -0.1) is 0 Å². The third-order valence-corrected chi connectivity index (χ3v) is 4.71. The average Bonchev–Trinajstić information content (AvgIpc) is 1.82. The van der Waals surface area contributed by atoms with Gasteiger partial charge in [0.1, 0.15) is 0 Å². The molecule has 10 heavy (non-hydrogen) atoms. The summed E-state index contributed by atoms with van der Waals surface area (Å²) in [5.74, 6) is 0. The molecule has 1 aromatic rings. The summed E-state index contributed by atoms with van der Waals surface area (Å²) in [6.45, 7) is 0. The molecule has 0 spiro atoms. The summed E-state index contributed by atoms with van der Waals surface area (Å²) in [4.78, 5) is 0. The Balaban J connectivity index is 3.31. The first-order valence-corrected chi connectivity index (χ1v) is 5.29. The first-order valence-electron chi connectivity index (χ1n) is 2.51. The molecule has 0 aliphatic carbocycles. The predicted molar refractivity (Wildman–Crippen MR) is 48.3 cm³/mol. The fourth-order valence-electron chi connectivity index (χ4n) is 0.553. The van der Waals surface area contributed by atoms with Crippen LogP contribution in [0, 0.1) is 0 Å². The summed E-state index contributed by atoms with van der Waals surface area (Å²) < 4.78 is 0.998. The van der Waals surface area contributed by atoms with Crippen LogP contribution >= 0.6 is 34.8 Å². The molecule has 0 amide bonds. The monoisotopic (exact) mass is 300 g/mol. The molecule has 52 valence electrons. The Morgan fingerprint density at radius 1 is 1.00 bits per heavy atom. The van der Waals surface area contributed by atoms with Crippen molar-refractivity contribution >= 4 is 60.9 Å². The van der Waals surface area contributed by atoms with Gasteiger partial charge in [-0.25, -0.2) is 0 Å². The van der Waals surface area contributed by atoms with Crippen LogP contribution in [0.4, 0.5) is 0 Å². The Kier molecular flexibility index (Phi) is 3.17. The van der Waals surface area contributed by atoms with Gasteiger partial charge in [0.25, 0.3) is 0 Å². The first kappa shape index (κ1) is 8.98. The number of rotatable bonds is 0. The molecule has 4 heteroatoms. The molecule has 1 aromatic carbocycles. The van der Waals surface area contributed by atoms with Crippen molar-refractivity contribution in [3.63, 3.8) is 0 Å². The topological polar surface area (TPSA) is 0 Å². The Hall–Kier alpha value is 0.889. The number of hydrogen-bond donors (Lipinski definition) is 0. The van der Waals surface area contributed by atoms with Crippen LogP contribution in [-0.4, -0.2) is 22.5 Å². The van der Waals surface area contributed by atoms with Gasteiger partial charge in [0.15, 0.2) is 0 Å². The van der Waals surface area contributed by atoms with Crippen molar-refractivity contribution in [2.24, 2.45) is 0 Å². The van der Waals surface area contributed by atoms with Gasteiger partial charge in [-0.2, -0.15) is 0 Å². The third kappa shape index (κ3) is 1.94. The average molecular weight is 300 g/mol. The van der Waals surface area contributed by atoms with E-state index in [1.165, 1.54) is 0 Å². The Morgan fingerprint density at radius 3 is 1.80 bits per heavy atom. The second-order valence-electron chi connectivity index (χ2n) is 1.78. The van der Waals surface area contributed by atoms with E-state index in [2.05, 4.69) is 0 Å². The van der Waals surface area contributed by atoms with Gasteiger partial charge in [0, 0.05) is 0 Å². The van der Waals surface area contributed by atoms with Crippen molar-refractivity contribution in [1.29, 1.82) is 0 Å². The summed E-state index contributed by atoms with van der Waals surface area (Å²) in [7, 11) is 0. The second-order valence-corrected chi connectivity index (χ2v) is 4.68. The molecular formula is C6H3Cl3Sn. The normalized spacial score (nSPS) is 10.0. The van der Waals surface area contributed by atoms with Crippen LogP contribution in [0.1, 0.15) is 0 Å². The molecule has 0 aliphatic rings. The van der Waals surface area contributed by atoms with Crippen molar-refractivity contribution in [2.45, 2.75) is 0 Å². The maximum absolute atomic E-state index is 5.78. The van der Waals surface area contributed by atoms with Gasteiger partial charge in [-0.3, -0.25) is 0 Å². The van der Waals surface area contributed by atoms with E-state index >= 15 is 0 Å². The standard InChI is InChI=1S/C6H2Cl3.Sn.H/c7-4-1-5(8)3-6(9)2-4;;/h1-2H;;. The van der Waals surface area contributed by atoms with Gasteiger partial charge in [-0.1, -0.05) is 0 Å². The zero-order valence-corrected chi connectivity index (χ0v) is 10.4. The molecule has 0 atom stereocenters. The zero-order chi connectivity index (χ0) is 7.72. The summed E-state index contributed by atoms with van der Waals surface area (Å²) >= 11 is 18.2. The molecule has 0 saturated heterocycles. The van der Waals surface area contributed by atoms with Crippen molar-refractivity contribution in [1.82, 2.24) is 0 Å². The van der Waals surface area contributed by atoms with Crippen LogP contribution in [0.2, 0.25) is 15.1 Å². The Labute approximate surface area is 87.6 Å². The predicted octanol–water partition coefficient (Wildman–Crippen LogP) is 2.17. The van der Waals surface area contributed by atoms with E-state index in [4.69, 9.17) is 34.8 Å². The van der Waals surface area contributed by atoms with Crippen LogP contribution in [0.3, 0.4) is 0 Å². The zero-order valence-electron chi connectivity index (χ0n) is 4.87. The molecule has 0 N–H and O–H groups in total. The van der Waals surface area contributed by atoms with Gasteiger partial charge >= 0.3 is 88.1 Å². The summed E-state index contributed by atoms with van der Waals surface area (Å²) in [5.41, 5.74) is 0. The van der Waals surface area contributed by atoms with Crippen molar-refractivity contribution < 1.29 is 0 Å². The van der Waals surface area contributed by atoms with Gasteiger partial charge in [0.2, 0.25) is 0 Å². The number of halogens is 3. The molecular weight excluding hydrogens is 297 g/mol. The minimum atomic E-state index is 0.591. The number of hydrogen-bond acceptors (Lipinski definition) is 0. The second kappa shape index (κ2) is 3.52. The summed E-state index contributed by atoms with van der Waals surface area (Å²) in [5, 5.41) is 1.92. The SMILES string of the molecule is Clc1cc(Cl)[c]([SnH])c(Cl)c1. The Morgan fingerprint density at radius 2 is 1.40 bits per heavy atom. The van der Waals surface area contributed by atoms with Crippen molar-refractivity contribution in [3.05, 3.63) is 27.2 Å². The van der Waals surface area contributed by atoms with E-state index in [0.717, 1.165) is 26.1 Å². The van der Waals surface area contributed by atoms with Gasteiger partial charge < -0.3 is 0 Å². The van der Waals surface area contributed by atoms with Gasteiger partial charge in [-0.05, 0) is 0 Å². The molecule has 2 radical (unpaired) electrons. The van der Waals surface area contributed by atoms with Crippen LogP contribution in [0.25, 0.3) is 0 Å². The van der Waals surface area contributed by atoms with E-state index < -0.39 is 0 Å². The van der Waals surface area contributed by atoms with E-state index in [1.807, 2.05) is 0 Å². The van der Waals surface area contributed by atoms with Crippen LogP contribution in [-0.2, 0) is 0 Å². The Bertz CT molecular complexity index is 236. The van der Waals surface area contributed by atoms with E-state index in [0.29, 0.717) is 15.1 Å². The van der Waals surface area contributed by atoms with Crippen molar-refractivity contribution in [3.8, 4) is 0 Å². The molecule has 0 heterocycles. The van der Waals surface area contributed by atoms with Crippen LogP contribution in [0.15, 0.2) is 12.1 Å². The molecule has 0 aliphatic heterocycles. The fourth-order valence-corrected chi connectivity index (χ4v) is 1.85. The third-order valence-electron chi connectivity index (χ3n) is 1.04. The molecule has 0 unspecified atom stereocenters. The minimum absolute atomic E-state index is 0.591. The number of benzene rings is 1. The van der Waals surface area contributed by atoms with E-state index in [9.17, 15) is 0 Å². The molecule has 0 saturated carbocycles. The molecule has 0 bridgehead atoms. The summed E-state index contributed by atoms with van der Waals surface area (Å²) in [6.07, 6.45) is 0. The maximum atomic E-state index is 5.78. The van der Waals surface area contributed by atoms with Crippen molar-refractivity contribution in [2.75, 3.05) is 0 Å². The van der Waals surface area contributed by atoms with E-state index in [-0.39, 0.29) is 0 Å². The first-order chi connectivity index (χ1) is 4.61. The fraction of sp³-hybridized carbons (Fsp3) is 0. The molecule has 0 nitrogen and oxygen atoms in total. The molecule has 0 aromatic heterocycles. The van der Waals surface area contributed by atoms with Crippen LogP contribution < -0.4 is 3.58 Å². The van der Waals surface area contributed by atoms with Crippen LogP contribution in [0.5, 0.6) is 0 Å². The van der Waals surface area contributed by atoms with Gasteiger partial charge in [0.05, 0.1) is 0 Å². The molecule has 0 fully saturated rings. The quantitative estimate of drug-likeness (QED) is 0.644. The summed E-state index contributed by atoms with van der Waals surface area (Å²) in [6, 6.07) is 3.41. The van der Waals surface area contributed by atoms with E-state index in [1.54, 1.807) is 12.1 Å². The molecule has 1 rings (SSSR count).